The summed E-state index contributed by atoms with van der Waals surface area (Å²) in [5.74, 6) is 0. The third-order valence-corrected chi connectivity index (χ3v) is 2.15. The largest absolute Gasteiger partial charge is 0.329 e. The Hall–Kier alpha value is -2.18. The SMILES string of the molecule is Cn1c(=O)[nH]c(=O)c2c1ncn2CC=O. The fourth-order valence-corrected chi connectivity index (χ4v) is 1.40. The monoisotopic (exact) mass is 208 g/mol. The Kier molecular flexibility index (Phi) is 2.00. The number of aryl methyl sites for hydroxylation is 1. The van der Waals surface area contributed by atoms with E-state index in [1.165, 1.54) is 22.5 Å². The smallest absolute Gasteiger partial charge is 0.318 e. The molecule has 0 atom stereocenters. The van der Waals surface area contributed by atoms with Crippen LogP contribution in [0.1, 0.15) is 0 Å². The Bertz CT molecular complexity index is 633. The Morgan fingerprint density at radius 2 is 2.27 bits per heavy atom. The van der Waals surface area contributed by atoms with Crippen molar-refractivity contribution in [1.29, 1.82) is 0 Å². The molecule has 2 rings (SSSR count). The maximum atomic E-state index is 11.5. The molecule has 78 valence electrons. The van der Waals surface area contributed by atoms with Gasteiger partial charge in [0.15, 0.2) is 11.2 Å². The van der Waals surface area contributed by atoms with Gasteiger partial charge in [-0.05, 0) is 0 Å². The molecule has 0 fully saturated rings. The van der Waals surface area contributed by atoms with Gasteiger partial charge in [0.2, 0.25) is 0 Å². The number of nitrogens with zero attached hydrogens (tertiary/aromatic N) is 3. The first kappa shape index (κ1) is 9.38. The molecule has 0 aromatic carbocycles. The Morgan fingerprint density at radius 3 is 2.93 bits per heavy atom. The van der Waals surface area contributed by atoms with Gasteiger partial charge in [-0.1, -0.05) is 0 Å². The number of nitrogens with one attached hydrogen (secondary N) is 1. The van der Waals surface area contributed by atoms with E-state index >= 15 is 0 Å². The maximum Gasteiger partial charge on any atom is 0.329 e. The van der Waals surface area contributed by atoms with Crippen LogP contribution >= 0.6 is 0 Å². The van der Waals surface area contributed by atoms with Crippen LogP contribution in [0.3, 0.4) is 0 Å². The number of fused-ring (bicyclic) bond motifs is 1. The minimum Gasteiger partial charge on any atom is -0.318 e. The molecule has 7 heteroatoms. The van der Waals surface area contributed by atoms with Crippen molar-refractivity contribution < 1.29 is 4.79 Å². The minimum absolute atomic E-state index is 0.0395. The zero-order valence-electron chi connectivity index (χ0n) is 7.93. The first-order valence-electron chi connectivity index (χ1n) is 4.23. The molecule has 7 nitrogen and oxygen atoms in total. The van der Waals surface area contributed by atoms with Crippen LogP contribution in [-0.4, -0.2) is 25.4 Å². The number of aromatic amines is 1. The van der Waals surface area contributed by atoms with Crippen molar-refractivity contribution in [3.05, 3.63) is 27.2 Å². The lowest BCUT2D eigenvalue weighted by Gasteiger charge is -1.99. The predicted molar refractivity (Wildman–Crippen MR) is 51.7 cm³/mol. The topological polar surface area (TPSA) is 89.8 Å². The van der Waals surface area contributed by atoms with Gasteiger partial charge in [0.1, 0.15) is 6.29 Å². The van der Waals surface area contributed by atoms with Crippen LogP contribution in [0.15, 0.2) is 15.9 Å². The van der Waals surface area contributed by atoms with Gasteiger partial charge in [-0.15, -0.1) is 0 Å². The summed E-state index contributed by atoms with van der Waals surface area (Å²) in [4.78, 5) is 39.1. The Labute approximate surface area is 83.0 Å². The lowest BCUT2D eigenvalue weighted by atomic mass is 10.5. The summed E-state index contributed by atoms with van der Waals surface area (Å²) in [5.41, 5.74) is -0.564. The molecule has 0 bridgehead atoms. The van der Waals surface area contributed by atoms with Crippen molar-refractivity contribution in [1.82, 2.24) is 19.1 Å². The zero-order chi connectivity index (χ0) is 11.0. The molecule has 0 aliphatic heterocycles. The number of H-pyrrole nitrogens is 1. The van der Waals surface area contributed by atoms with Crippen LogP contribution in [0.4, 0.5) is 0 Å². The van der Waals surface area contributed by atoms with E-state index in [1.807, 2.05) is 0 Å². The lowest BCUT2D eigenvalue weighted by Crippen LogP contribution is -2.29. The summed E-state index contributed by atoms with van der Waals surface area (Å²) in [6.45, 7) is 0.0395. The Balaban J connectivity index is 2.93. The van der Waals surface area contributed by atoms with Crippen molar-refractivity contribution in [3.8, 4) is 0 Å². The van der Waals surface area contributed by atoms with Crippen molar-refractivity contribution in [2.75, 3.05) is 0 Å². The van der Waals surface area contributed by atoms with Crippen molar-refractivity contribution >= 4 is 17.5 Å². The number of aldehydes is 1. The van der Waals surface area contributed by atoms with Gasteiger partial charge in [0.05, 0.1) is 12.9 Å². The summed E-state index contributed by atoms with van der Waals surface area (Å²) < 4.78 is 2.61. The second-order valence-corrected chi connectivity index (χ2v) is 3.05. The third kappa shape index (κ3) is 1.28. The van der Waals surface area contributed by atoms with E-state index in [-0.39, 0.29) is 17.7 Å². The quantitative estimate of drug-likeness (QED) is 0.616. The standard InChI is InChI=1S/C8H8N4O3/c1-11-6-5(7(14)10-8(11)15)12(2-3-13)4-9-6/h3-4H,2H2,1H3,(H,10,14,15). The van der Waals surface area contributed by atoms with E-state index < -0.39 is 11.2 Å². The van der Waals surface area contributed by atoms with E-state index in [9.17, 15) is 14.4 Å². The molecule has 0 unspecified atom stereocenters. The van der Waals surface area contributed by atoms with Gasteiger partial charge in [-0.2, -0.15) is 0 Å². The number of carbonyl (C=O) groups is 1. The van der Waals surface area contributed by atoms with Gasteiger partial charge in [-0.25, -0.2) is 9.78 Å². The van der Waals surface area contributed by atoms with E-state index in [4.69, 9.17) is 0 Å². The number of aromatic nitrogens is 4. The second-order valence-electron chi connectivity index (χ2n) is 3.05. The molecule has 2 aromatic rings. The van der Waals surface area contributed by atoms with Crippen LogP contribution in [0.2, 0.25) is 0 Å². The van der Waals surface area contributed by atoms with Gasteiger partial charge in [0, 0.05) is 7.05 Å². The van der Waals surface area contributed by atoms with E-state index in [1.54, 1.807) is 0 Å². The van der Waals surface area contributed by atoms with Crippen LogP contribution in [0.25, 0.3) is 11.2 Å². The van der Waals surface area contributed by atoms with Crippen LogP contribution in [0, 0.1) is 0 Å². The number of carbonyl (C=O) groups excluding carboxylic acids is 1. The molecule has 0 spiro atoms. The number of rotatable bonds is 2. The normalized spacial score (nSPS) is 10.7. The van der Waals surface area contributed by atoms with Crippen LogP contribution in [0.5, 0.6) is 0 Å². The molecule has 0 saturated carbocycles. The number of hydrogen-bond donors (Lipinski definition) is 1. The molecule has 2 heterocycles. The highest BCUT2D eigenvalue weighted by Crippen LogP contribution is 2.03. The summed E-state index contributed by atoms with van der Waals surface area (Å²) in [6, 6.07) is 0. The second kappa shape index (κ2) is 3.19. The molecular weight excluding hydrogens is 200 g/mol. The summed E-state index contributed by atoms with van der Waals surface area (Å²) >= 11 is 0. The molecule has 0 aliphatic rings. The summed E-state index contributed by atoms with van der Waals surface area (Å²) in [6.07, 6.45) is 2.01. The third-order valence-electron chi connectivity index (χ3n) is 2.15. The summed E-state index contributed by atoms with van der Waals surface area (Å²) in [5, 5.41) is 0. The average molecular weight is 208 g/mol. The van der Waals surface area contributed by atoms with Gasteiger partial charge >= 0.3 is 5.69 Å². The highest BCUT2D eigenvalue weighted by Gasteiger charge is 2.10. The first-order chi connectivity index (χ1) is 7.15. The fraction of sp³-hybridized carbons (Fsp3) is 0.250. The number of hydrogen-bond acceptors (Lipinski definition) is 4. The molecule has 0 saturated heterocycles. The molecular formula is C8H8N4O3. The molecule has 2 aromatic heterocycles. The first-order valence-corrected chi connectivity index (χ1v) is 4.23. The van der Waals surface area contributed by atoms with E-state index in [2.05, 4.69) is 9.97 Å². The number of imidazole rings is 1. The molecule has 15 heavy (non-hydrogen) atoms. The fourth-order valence-electron chi connectivity index (χ4n) is 1.40. The maximum absolute atomic E-state index is 11.5. The van der Waals surface area contributed by atoms with E-state index in [0.717, 1.165) is 0 Å². The highest BCUT2D eigenvalue weighted by molar-refractivity contribution is 5.71. The van der Waals surface area contributed by atoms with Gasteiger partial charge < -0.3 is 9.36 Å². The van der Waals surface area contributed by atoms with Gasteiger partial charge in [-0.3, -0.25) is 14.3 Å². The van der Waals surface area contributed by atoms with Gasteiger partial charge in [0.25, 0.3) is 5.56 Å². The molecule has 0 aliphatic carbocycles. The Morgan fingerprint density at radius 1 is 1.53 bits per heavy atom. The minimum atomic E-state index is -0.535. The molecule has 0 amide bonds. The van der Waals surface area contributed by atoms with Crippen LogP contribution in [-0.2, 0) is 18.4 Å². The summed E-state index contributed by atoms with van der Waals surface area (Å²) in [7, 11) is 1.50. The van der Waals surface area contributed by atoms with Crippen molar-refractivity contribution in [2.24, 2.45) is 7.05 Å². The van der Waals surface area contributed by atoms with E-state index in [0.29, 0.717) is 6.29 Å². The zero-order valence-corrected chi connectivity index (χ0v) is 7.93. The lowest BCUT2D eigenvalue weighted by molar-refractivity contribution is -0.108. The predicted octanol–water partition coefficient (Wildman–Crippen LogP) is -1.38. The van der Waals surface area contributed by atoms with Crippen LogP contribution < -0.4 is 11.2 Å². The molecule has 0 radical (unpaired) electrons. The molecule has 1 N–H and O–H groups in total. The highest BCUT2D eigenvalue weighted by atomic mass is 16.2. The average Bonchev–Trinajstić information content (AvgIpc) is 2.59. The van der Waals surface area contributed by atoms with Crippen molar-refractivity contribution in [2.45, 2.75) is 6.54 Å². The van der Waals surface area contributed by atoms with Crippen molar-refractivity contribution in [3.63, 3.8) is 0 Å².